The molecule has 0 unspecified atom stereocenters. The number of benzene rings is 2. The van der Waals surface area contributed by atoms with Gasteiger partial charge in [-0.05, 0) is 48.6 Å². The summed E-state index contributed by atoms with van der Waals surface area (Å²) in [5, 5.41) is 6.92. The smallest absolute Gasteiger partial charge is 0.283 e. The summed E-state index contributed by atoms with van der Waals surface area (Å²) in [4.78, 5) is 25.5. The molecule has 4 rings (SSSR count). The van der Waals surface area contributed by atoms with Crippen molar-refractivity contribution < 1.29 is 13.9 Å². The molecule has 32 heavy (non-hydrogen) atoms. The topological polar surface area (TPSA) is 73.2 Å². The van der Waals surface area contributed by atoms with Crippen LogP contribution in [0.1, 0.15) is 46.4 Å². The van der Waals surface area contributed by atoms with Gasteiger partial charge in [0, 0.05) is 22.7 Å². The average Bonchev–Trinajstić information content (AvgIpc) is 3.60. The number of nitrogens with one attached hydrogen (secondary N) is 1. The van der Waals surface area contributed by atoms with E-state index in [1.807, 2.05) is 18.2 Å². The predicted octanol–water partition coefficient (Wildman–Crippen LogP) is 5.20. The number of amides is 1. The van der Waals surface area contributed by atoms with Gasteiger partial charge in [-0.25, -0.2) is 9.07 Å². The number of ether oxygens (including phenoxy) is 1. The zero-order valence-electron chi connectivity index (χ0n) is 17.1. The number of nitrogens with zero attached hydrogens (tertiary/aromatic N) is 2. The summed E-state index contributed by atoms with van der Waals surface area (Å²) >= 11 is 11.9. The molecule has 1 fully saturated rings. The Labute approximate surface area is 193 Å². The van der Waals surface area contributed by atoms with Gasteiger partial charge < -0.3 is 10.1 Å². The Morgan fingerprint density at radius 3 is 2.78 bits per heavy atom. The molecular formula is C23H20Cl2FN3O3. The van der Waals surface area contributed by atoms with Crippen LogP contribution in [0, 0.1) is 0 Å². The quantitative estimate of drug-likeness (QED) is 0.509. The van der Waals surface area contributed by atoms with Crippen molar-refractivity contribution in [2.75, 3.05) is 6.54 Å². The van der Waals surface area contributed by atoms with Gasteiger partial charge in [0.15, 0.2) is 11.3 Å². The Balaban J connectivity index is 1.54. The van der Waals surface area contributed by atoms with E-state index in [1.54, 1.807) is 6.07 Å². The van der Waals surface area contributed by atoms with E-state index in [2.05, 4.69) is 10.4 Å². The summed E-state index contributed by atoms with van der Waals surface area (Å²) in [6.07, 6.45) is 1.97. The SMILES string of the molecule is Cn1ncc(Oc2cccc(C3CC3)c2)c(C(=O)NC[C@H](F)c2ccc(Cl)cc2Cl)c1=O. The molecule has 0 aliphatic heterocycles. The fourth-order valence-corrected chi connectivity index (χ4v) is 3.85. The molecule has 0 saturated heterocycles. The Bertz CT molecular complexity index is 1230. The zero-order valence-corrected chi connectivity index (χ0v) is 18.7. The normalized spacial score (nSPS) is 14.1. The number of hydrogen-bond acceptors (Lipinski definition) is 4. The summed E-state index contributed by atoms with van der Waals surface area (Å²) in [7, 11) is 1.42. The van der Waals surface area contributed by atoms with Crippen LogP contribution in [0.5, 0.6) is 11.5 Å². The van der Waals surface area contributed by atoms with E-state index in [-0.39, 0.29) is 28.4 Å². The van der Waals surface area contributed by atoms with Crippen molar-refractivity contribution in [3.05, 3.63) is 85.8 Å². The highest BCUT2D eigenvalue weighted by Crippen LogP contribution is 2.41. The van der Waals surface area contributed by atoms with Crippen molar-refractivity contribution in [1.82, 2.24) is 15.1 Å². The van der Waals surface area contributed by atoms with E-state index in [4.69, 9.17) is 27.9 Å². The van der Waals surface area contributed by atoms with E-state index in [9.17, 15) is 14.0 Å². The first kappa shape index (κ1) is 22.3. The molecule has 1 heterocycles. The molecular weight excluding hydrogens is 456 g/mol. The second-order valence-electron chi connectivity index (χ2n) is 7.60. The average molecular weight is 476 g/mol. The van der Waals surface area contributed by atoms with Crippen molar-refractivity contribution in [3.8, 4) is 11.5 Å². The standard InChI is InChI=1S/C23H20Cl2FN3O3/c1-29-23(31)21(22(30)27-11-19(26)17-8-7-15(24)10-18(17)25)20(12-28-29)32-16-4-2-3-14(9-16)13-5-6-13/h2-4,7-10,12-13,19H,5-6,11H2,1H3,(H,27,30)/t19-/m0/s1. The predicted molar refractivity (Wildman–Crippen MR) is 121 cm³/mol. The highest BCUT2D eigenvalue weighted by Gasteiger charge is 2.25. The Hall–Kier alpha value is -2.90. The largest absolute Gasteiger partial charge is 0.455 e. The van der Waals surface area contributed by atoms with Gasteiger partial charge in [0.2, 0.25) is 0 Å². The summed E-state index contributed by atoms with van der Waals surface area (Å²) < 4.78 is 21.5. The van der Waals surface area contributed by atoms with E-state index in [1.165, 1.54) is 31.4 Å². The molecule has 1 N–H and O–H groups in total. The number of rotatable bonds is 7. The number of halogens is 3. The number of alkyl halides is 1. The first-order valence-electron chi connectivity index (χ1n) is 10.0. The van der Waals surface area contributed by atoms with Crippen LogP contribution < -0.4 is 15.6 Å². The molecule has 166 valence electrons. The highest BCUT2D eigenvalue weighted by atomic mass is 35.5. The van der Waals surface area contributed by atoms with Gasteiger partial charge in [0.1, 0.15) is 11.9 Å². The van der Waals surface area contributed by atoms with E-state index < -0.39 is 17.6 Å². The molecule has 6 nitrogen and oxygen atoms in total. The highest BCUT2D eigenvalue weighted by molar-refractivity contribution is 6.35. The van der Waals surface area contributed by atoms with Gasteiger partial charge in [-0.15, -0.1) is 0 Å². The molecule has 0 spiro atoms. The first-order valence-corrected chi connectivity index (χ1v) is 10.8. The molecule has 3 aromatic rings. The van der Waals surface area contributed by atoms with Gasteiger partial charge in [0.05, 0.1) is 12.7 Å². The van der Waals surface area contributed by atoms with Gasteiger partial charge in [-0.1, -0.05) is 41.4 Å². The molecule has 1 aromatic heterocycles. The minimum Gasteiger partial charge on any atom is -0.455 e. The molecule has 1 amide bonds. The summed E-state index contributed by atoms with van der Waals surface area (Å²) in [6.45, 7) is -0.387. The third-order valence-electron chi connectivity index (χ3n) is 5.21. The maximum absolute atomic E-state index is 14.7. The molecule has 9 heteroatoms. The van der Waals surface area contributed by atoms with Gasteiger partial charge in [-0.2, -0.15) is 5.10 Å². The van der Waals surface area contributed by atoms with Crippen molar-refractivity contribution in [2.24, 2.45) is 7.05 Å². The summed E-state index contributed by atoms with van der Waals surface area (Å²) in [5.74, 6) is 0.242. The lowest BCUT2D eigenvalue weighted by atomic mass is 10.1. The van der Waals surface area contributed by atoms with Gasteiger partial charge >= 0.3 is 0 Å². The molecule has 1 atom stereocenters. The summed E-state index contributed by atoms with van der Waals surface area (Å²) in [5.41, 5.74) is 0.421. The van der Waals surface area contributed by atoms with Crippen LogP contribution in [0.25, 0.3) is 0 Å². The van der Waals surface area contributed by atoms with E-state index in [0.717, 1.165) is 23.1 Å². The molecule has 1 saturated carbocycles. The number of aryl methyl sites for hydroxylation is 1. The van der Waals surface area contributed by atoms with Crippen molar-refractivity contribution in [1.29, 1.82) is 0 Å². The van der Waals surface area contributed by atoms with Gasteiger partial charge in [0.25, 0.3) is 11.5 Å². The van der Waals surface area contributed by atoms with Crippen molar-refractivity contribution in [2.45, 2.75) is 24.9 Å². The maximum atomic E-state index is 14.7. The third kappa shape index (κ3) is 4.95. The van der Waals surface area contributed by atoms with Crippen LogP contribution in [0.15, 0.2) is 53.5 Å². The van der Waals surface area contributed by atoms with Crippen molar-refractivity contribution >= 4 is 29.1 Å². The number of hydrogen-bond donors (Lipinski definition) is 1. The second-order valence-corrected chi connectivity index (χ2v) is 8.45. The molecule has 2 aromatic carbocycles. The second kappa shape index (κ2) is 9.30. The van der Waals surface area contributed by atoms with Gasteiger partial charge in [-0.3, -0.25) is 9.59 Å². The first-order chi connectivity index (χ1) is 15.3. The minimum absolute atomic E-state index is 0.00141. The van der Waals surface area contributed by atoms with Crippen LogP contribution in [-0.2, 0) is 7.05 Å². The maximum Gasteiger partial charge on any atom is 0.283 e. The number of carbonyl (C=O) groups excluding carboxylic acids is 1. The number of carbonyl (C=O) groups is 1. The molecule has 1 aliphatic rings. The minimum atomic E-state index is -1.59. The summed E-state index contributed by atoms with van der Waals surface area (Å²) in [6, 6.07) is 11.9. The zero-order chi connectivity index (χ0) is 22.8. The van der Waals surface area contributed by atoms with Crippen LogP contribution in [0.2, 0.25) is 10.0 Å². The Morgan fingerprint density at radius 1 is 1.28 bits per heavy atom. The Morgan fingerprint density at radius 2 is 2.06 bits per heavy atom. The number of aromatic nitrogens is 2. The lowest BCUT2D eigenvalue weighted by Gasteiger charge is -2.14. The fraction of sp³-hybridized carbons (Fsp3) is 0.261. The Kier molecular flexibility index (Phi) is 6.48. The molecule has 0 bridgehead atoms. The van der Waals surface area contributed by atoms with Crippen LogP contribution >= 0.6 is 23.2 Å². The third-order valence-corrected chi connectivity index (χ3v) is 5.77. The molecule has 1 aliphatic carbocycles. The monoisotopic (exact) mass is 475 g/mol. The lowest BCUT2D eigenvalue weighted by molar-refractivity contribution is 0.0936. The van der Waals surface area contributed by atoms with E-state index >= 15 is 0 Å². The lowest BCUT2D eigenvalue weighted by Crippen LogP contribution is -2.35. The molecule has 0 radical (unpaired) electrons. The van der Waals surface area contributed by atoms with Crippen molar-refractivity contribution in [3.63, 3.8) is 0 Å². The van der Waals surface area contributed by atoms with Crippen LogP contribution in [-0.4, -0.2) is 22.2 Å². The van der Waals surface area contributed by atoms with E-state index in [0.29, 0.717) is 16.7 Å². The fourth-order valence-electron chi connectivity index (χ4n) is 3.32. The van der Waals surface area contributed by atoms with Crippen LogP contribution in [0.3, 0.4) is 0 Å². The van der Waals surface area contributed by atoms with Crippen LogP contribution in [0.4, 0.5) is 4.39 Å².